The van der Waals surface area contributed by atoms with E-state index in [1.165, 1.54) is 25.1 Å². The number of rotatable bonds is 7. The highest BCUT2D eigenvalue weighted by Gasteiger charge is 2.41. The van der Waals surface area contributed by atoms with Crippen molar-refractivity contribution in [1.29, 1.82) is 0 Å². The van der Waals surface area contributed by atoms with E-state index in [0.29, 0.717) is 15.7 Å². The predicted molar refractivity (Wildman–Crippen MR) is 75.2 cm³/mol. The summed E-state index contributed by atoms with van der Waals surface area (Å²) in [6, 6.07) is 1.46. The van der Waals surface area contributed by atoms with Gasteiger partial charge in [0.25, 0.3) is 5.69 Å². The maximum absolute atomic E-state index is 10.6. The van der Waals surface area contributed by atoms with Crippen molar-refractivity contribution in [2.24, 2.45) is 5.41 Å². The average Bonchev–Trinajstić information content (AvgIpc) is 3.15. The number of nitrogens with zero attached hydrogens (tertiary/aromatic N) is 2. The smallest absolute Gasteiger partial charge is 0.288 e. The van der Waals surface area contributed by atoms with Crippen molar-refractivity contribution in [3.8, 4) is 0 Å². The predicted octanol–water partition coefficient (Wildman–Crippen LogP) is 2.98. The standard InChI is InChI=1S/C12H16BrN3O3/c1-19-5-4-12(2-3-12)8-15-11-10(13)6-9(7-14-11)16(17)18/h6-7H,2-5,8H2,1H3,(H,14,15). The van der Waals surface area contributed by atoms with Crippen LogP contribution >= 0.6 is 15.9 Å². The SMILES string of the molecule is COCCC1(CNc2ncc([N+](=O)[O-])cc2Br)CC1. The molecule has 0 atom stereocenters. The van der Waals surface area contributed by atoms with Crippen LogP contribution in [-0.2, 0) is 4.74 Å². The van der Waals surface area contributed by atoms with E-state index in [4.69, 9.17) is 4.74 Å². The van der Waals surface area contributed by atoms with Gasteiger partial charge in [0.2, 0.25) is 0 Å². The van der Waals surface area contributed by atoms with E-state index in [0.717, 1.165) is 19.6 Å². The molecule has 19 heavy (non-hydrogen) atoms. The number of nitro groups is 1. The fourth-order valence-corrected chi connectivity index (χ4v) is 2.42. The van der Waals surface area contributed by atoms with Crippen LogP contribution in [0, 0.1) is 15.5 Å². The molecule has 1 aliphatic carbocycles. The number of methoxy groups -OCH3 is 1. The van der Waals surface area contributed by atoms with Crippen molar-refractivity contribution in [1.82, 2.24) is 4.98 Å². The minimum absolute atomic E-state index is 0.0158. The summed E-state index contributed by atoms with van der Waals surface area (Å²) in [5.74, 6) is 0.647. The monoisotopic (exact) mass is 329 g/mol. The fraction of sp³-hybridized carbons (Fsp3) is 0.583. The Hall–Kier alpha value is -1.21. The molecule has 0 saturated heterocycles. The van der Waals surface area contributed by atoms with Gasteiger partial charge in [0, 0.05) is 26.3 Å². The first-order chi connectivity index (χ1) is 9.06. The topological polar surface area (TPSA) is 77.3 Å². The van der Waals surface area contributed by atoms with Gasteiger partial charge in [-0.15, -0.1) is 0 Å². The van der Waals surface area contributed by atoms with E-state index in [1.807, 2.05) is 0 Å². The van der Waals surface area contributed by atoms with Crippen LogP contribution in [-0.4, -0.2) is 30.2 Å². The van der Waals surface area contributed by atoms with Crippen LogP contribution in [0.1, 0.15) is 19.3 Å². The van der Waals surface area contributed by atoms with Crippen LogP contribution in [0.2, 0.25) is 0 Å². The zero-order chi connectivity index (χ0) is 13.9. The summed E-state index contributed by atoms with van der Waals surface area (Å²) in [4.78, 5) is 14.2. The molecular formula is C12H16BrN3O3. The van der Waals surface area contributed by atoms with E-state index < -0.39 is 4.92 Å². The molecule has 0 aromatic carbocycles. The Morgan fingerprint density at radius 3 is 2.89 bits per heavy atom. The summed E-state index contributed by atoms with van der Waals surface area (Å²) in [6.45, 7) is 1.58. The van der Waals surface area contributed by atoms with Crippen molar-refractivity contribution < 1.29 is 9.66 Å². The quantitative estimate of drug-likeness (QED) is 0.614. The lowest BCUT2D eigenvalue weighted by Gasteiger charge is -2.16. The lowest BCUT2D eigenvalue weighted by atomic mass is 10.0. The van der Waals surface area contributed by atoms with E-state index in [2.05, 4.69) is 26.2 Å². The summed E-state index contributed by atoms with van der Waals surface area (Å²) >= 11 is 3.30. The summed E-state index contributed by atoms with van der Waals surface area (Å²) in [5.41, 5.74) is 0.289. The number of ether oxygens (including phenoxy) is 1. The number of pyridine rings is 1. The second-order valence-corrected chi connectivity index (χ2v) is 5.73. The van der Waals surface area contributed by atoms with Gasteiger partial charge in [0.1, 0.15) is 12.0 Å². The summed E-state index contributed by atoms with van der Waals surface area (Å²) in [5, 5.41) is 13.9. The Bertz CT molecular complexity index is 477. The maximum Gasteiger partial charge on any atom is 0.288 e. The maximum atomic E-state index is 10.6. The molecule has 1 aromatic rings. The molecule has 1 fully saturated rings. The number of aromatic nitrogens is 1. The normalized spacial score (nSPS) is 16.1. The van der Waals surface area contributed by atoms with Gasteiger partial charge in [-0.1, -0.05) is 0 Å². The molecule has 2 rings (SSSR count). The first-order valence-electron chi connectivity index (χ1n) is 6.09. The summed E-state index contributed by atoms with van der Waals surface area (Å²) in [7, 11) is 1.71. The zero-order valence-electron chi connectivity index (χ0n) is 10.7. The van der Waals surface area contributed by atoms with Gasteiger partial charge in [0.15, 0.2) is 0 Å². The van der Waals surface area contributed by atoms with Gasteiger partial charge in [0.05, 0.1) is 9.40 Å². The molecule has 0 bridgehead atoms. The summed E-state index contributed by atoms with van der Waals surface area (Å²) < 4.78 is 5.72. The van der Waals surface area contributed by atoms with Crippen molar-refractivity contribution >= 4 is 27.4 Å². The number of nitrogens with one attached hydrogen (secondary N) is 1. The molecule has 0 radical (unpaired) electrons. The molecule has 1 aromatic heterocycles. The number of halogens is 1. The molecule has 0 aliphatic heterocycles. The molecule has 104 valence electrons. The molecule has 0 spiro atoms. The second-order valence-electron chi connectivity index (χ2n) is 4.88. The van der Waals surface area contributed by atoms with Crippen molar-refractivity contribution in [2.45, 2.75) is 19.3 Å². The fourth-order valence-electron chi connectivity index (χ4n) is 1.94. The Morgan fingerprint density at radius 2 is 2.37 bits per heavy atom. The highest BCUT2D eigenvalue weighted by atomic mass is 79.9. The van der Waals surface area contributed by atoms with Gasteiger partial charge in [-0.3, -0.25) is 10.1 Å². The van der Waals surface area contributed by atoms with Crippen LogP contribution in [0.3, 0.4) is 0 Å². The lowest BCUT2D eigenvalue weighted by Crippen LogP contribution is -2.18. The van der Waals surface area contributed by atoms with Crippen molar-refractivity contribution in [3.63, 3.8) is 0 Å². The van der Waals surface area contributed by atoms with E-state index in [1.54, 1.807) is 7.11 Å². The first kappa shape index (κ1) is 14.2. The molecule has 1 N–H and O–H groups in total. The third-order valence-electron chi connectivity index (χ3n) is 3.46. The Labute approximate surface area is 119 Å². The van der Waals surface area contributed by atoms with Crippen LogP contribution in [0.25, 0.3) is 0 Å². The second kappa shape index (κ2) is 5.83. The first-order valence-corrected chi connectivity index (χ1v) is 6.88. The van der Waals surface area contributed by atoms with E-state index in [9.17, 15) is 10.1 Å². The molecule has 1 aliphatic rings. The molecule has 0 unspecified atom stereocenters. The Balaban J connectivity index is 1.95. The van der Waals surface area contributed by atoms with Crippen molar-refractivity contribution in [3.05, 3.63) is 26.9 Å². The van der Waals surface area contributed by atoms with Crippen LogP contribution < -0.4 is 5.32 Å². The minimum atomic E-state index is -0.456. The molecule has 7 heteroatoms. The largest absolute Gasteiger partial charge is 0.385 e. The van der Waals surface area contributed by atoms with Crippen molar-refractivity contribution in [2.75, 3.05) is 25.6 Å². The third-order valence-corrected chi connectivity index (χ3v) is 4.07. The molecule has 1 saturated carbocycles. The van der Waals surface area contributed by atoms with Gasteiger partial charge in [-0.25, -0.2) is 4.98 Å². The van der Waals surface area contributed by atoms with Crippen LogP contribution in [0.4, 0.5) is 11.5 Å². The Morgan fingerprint density at radius 1 is 1.63 bits per heavy atom. The van der Waals surface area contributed by atoms with Gasteiger partial charge >= 0.3 is 0 Å². The highest BCUT2D eigenvalue weighted by Crippen LogP contribution is 2.48. The number of hydrogen-bond donors (Lipinski definition) is 1. The average molecular weight is 330 g/mol. The van der Waals surface area contributed by atoms with Crippen LogP contribution in [0.15, 0.2) is 16.7 Å². The van der Waals surface area contributed by atoms with E-state index in [-0.39, 0.29) is 5.69 Å². The molecule has 6 nitrogen and oxygen atoms in total. The molecule has 0 amide bonds. The highest BCUT2D eigenvalue weighted by molar-refractivity contribution is 9.10. The third kappa shape index (κ3) is 3.63. The van der Waals surface area contributed by atoms with Crippen LogP contribution in [0.5, 0.6) is 0 Å². The number of anilines is 1. The van der Waals surface area contributed by atoms with Gasteiger partial charge in [-0.2, -0.15) is 0 Å². The summed E-state index contributed by atoms with van der Waals surface area (Å²) in [6.07, 6.45) is 4.67. The zero-order valence-corrected chi connectivity index (χ0v) is 12.3. The Kier molecular flexibility index (Phi) is 4.36. The minimum Gasteiger partial charge on any atom is -0.385 e. The lowest BCUT2D eigenvalue weighted by molar-refractivity contribution is -0.385. The molecular weight excluding hydrogens is 314 g/mol. The van der Waals surface area contributed by atoms with E-state index >= 15 is 0 Å². The molecule has 1 heterocycles. The number of hydrogen-bond acceptors (Lipinski definition) is 5. The van der Waals surface area contributed by atoms with Gasteiger partial charge < -0.3 is 10.1 Å². The van der Waals surface area contributed by atoms with Gasteiger partial charge in [-0.05, 0) is 40.6 Å².